The second-order valence-electron chi connectivity index (χ2n) is 4.36. The molecule has 0 aliphatic carbocycles. The molecule has 0 bridgehead atoms. The van der Waals surface area contributed by atoms with Crippen molar-refractivity contribution in [2.24, 2.45) is 0 Å². The maximum Gasteiger partial charge on any atom is 0.0616 e. The maximum absolute atomic E-state index is 5.39. The van der Waals surface area contributed by atoms with Crippen LogP contribution in [0.1, 0.15) is 37.9 Å². The number of hydrogen-bond acceptors (Lipinski definition) is 2. The maximum atomic E-state index is 5.39. The zero-order chi connectivity index (χ0) is 12.0. The molecule has 90 valence electrons. The Kier molecular flexibility index (Phi) is 5.50. The van der Waals surface area contributed by atoms with Gasteiger partial charge in [-0.25, -0.2) is 0 Å². The summed E-state index contributed by atoms with van der Waals surface area (Å²) < 4.78 is 5.39. The lowest BCUT2D eigenvalue weighted by Gasteiger charge is -2.20. The van der Waals surface area contributed by atoms with Crippen LogP contribution in [0.2, 0.25) is 0 Å². The highest BCUT2D eigenvalue weighted by molar-refractivity contribution is 5.23. The van der Waals surface area contributed by atoms with Crippen LogP contribution in [0.4, 0.5) is 0 Å². The van der Waals surface area contributed by atoms with E-state index in [0.717, 1.165) is 13.2 Å². The molecule has 0 heterocycles. The highest BCUT2D eigenvalue weighted by atomic mass is 16.5. The van der Waals surface area contributed by atoms with Crippen molar-refractivity contribution >= 4 is 0 Å². The third-order valence-corrected chi connectivity index (χ3v) is 2.68. The predicted molar refractivity (Wildman–Crippen MR) is 68.7 cm³/mol. The molecule has 0 spiro atoms. The van der Waals surface area contributed by atoms with Gasteiger partial charge in [-0.15, -0.1) is 0 Å². The van der Waals surface area contributed by atoms with E-state index in [0.29, 0.717) is 12.1 Å². The van der Waals surface area contributed by atoms with Gasteiger partial charge in [0, 0.05) is 18.7 Å². The summed E-state index contributed by atoms with van der Waals surface area (Å²) in [5.74, 6) is 0. The van der Waals surface area contributed by atoms with Gasteiger partial charge in [0.05, 0.1) is 6.61 Å². The first-order chi connectivity index (χ1) is 7.63. The van der Waals surface area contributed by atoms with Gasteiger partial charge in [-0.1, -0.05) is 29.8 Å². The van der Waals surface area contributed by atoms with Gasteiger partial charge < -0.3 is 10.1 Å². The molecular formula is C14H23NO. The summed E-state index contributed by atoms with van der Waals surface area (Å²) in [6.45, 7) is 10.0. The van der Waals surface area contributed by atoms with Crippen molar-refractivity contribution in [1.82, 2.24) is 5.32 Å². The molecule has 0 saturated carbocycles. The summed E-state index contributed by atoms with van der Waals surface area (Å²) in [7, 11) is 0. The molecule has 0 aliphatic rings. The second kappa shape index (κ2) is 6.66. The van der Waals surface area contributed by atoms with E-state index in [2.05, 4.69) is 50.4 Å². The van der Waals surface area contributed by atoms with Crippen LogP contribution in [0.3, 0.4) is 0 Å². The minimum Gasteiger partial charge on any atom is -0.380 e. The summed E-state index contributed by atoms with van der Waals surface area (Å²) in [6.07, 6.45) is 0. The molecule has 1 N–H and O–H groups in total. The predicted octanol–water partition coefficient (Wildman–Crippen LogP) is 3.07. The van der Waals surface area contributed by atoms with Crippen LogP contribution in [-0.2, 0) is 4.74 Å². The average Bonchev–Trinajstić information content (AvgIpc) is 2.27. The van der Waals surface area contributed by atoms with Crippen LogP contribution in [0, 0.1) is 6.92 Å². The normalized spacial score (nSPS) is 14.8. The van der Waals surface area contributed by atoms with Crippen LogP contribution < -0.4 is 5.32 Å². The van der Waals surface area contributed by atoms with Crippen LogP contribution in [0.5, 0.6) is 0 Å². The Labute approximate surface area is 99.0 Å². The lowest BCUT2D eigenvalue weighted by Crippen LogP contribution is -2.32. The van der Waals surface area contributed by atoms with Gasteiger partial charge in [-0.3, -0.25) is 0 Å². The van der Waals surface area contributed by atoms with Gasteiger partial charge in [0.2, 0.25) is 0 Å². The molecular weight excluding hydrogens is 198 g/mol. The van der Waals surface area contributed by atoms with Gasteiger partial charge in [0.25, 0.3) is 0 Å². The number of rotatable bonds is 6. The van der Waals surface area contributed by atoms with Crippen molar-refractivity contribution in [2.45, 2.75) is 39.8 Å². The highest BCUT2D eigenvalue weighted by Crippen LogP contribution is 2.13. The quantitative estimate of drug-likeness (QED) is 0.797. The van der Waals surface area contributed by atoms with E-state index in [4.69, 9.17) is 4.74 Å². The molecule has 0 saturated heterocycles. The Morgan fingerprint density at radius 2 is 1.81 bits per heavy atom. The molecule has 16 heavy (non-hydrogen) atoms. The van der Waals surface area contributed by atoms with Crippen LogP contribution in [0.25, 0.3) is 0 Å². The van der Waals surface area contributed by atoms with Gasteiger partial charge >= 0.3 is 0 Å². The summed E-state index contributed by atoms with van der Waals surface area (Å²) in [5, 5.41) is 3.53. The van der Waals surface area contributed by atoms with Gasteiger partial charge in [0.15, 0.2) is 0 Å². The summed E-state index contributed by atoms with van der Waals surface area (Å²) >= 11 is 0. The Morgan fingerprint density at radius 1 is 1.19 bits per heavy atom. The highest BCUT2D eigenvalue weighted by Gasteiger charge is 2.08. The fourth-order valence-corrected chi connectivity index (χ4v) is 1.72. The Balaban J connectivity index is 2.45. The van der Waals surface area contributed by atoms with E-state index in [9.17, 15) is 0 Å². The standard InChI is InChI=1S/C14H23NO/c1-5-16-10-12(3)15-13(4)14-8-6-11(2)7-9-14/h6-9,12-13,15H,5,10H2,1-4H3. The van der Waals surface area contributed by atoms with E-state index in [1.54, 1.807) is 0 Å². The number of ether oxygens (including phenoxy) is 1. The Bertz CT molecular complexity index is 294. The monoisotopic (exact) mass is 221 g/mol. The van der Waals surface area contributed by atoms with Crippen LogP contribution in [0.15, 0.2) is 24.3 Å². The van der Waals surface area contributed by atoms with Gasteiger partial charge in [-0.05, 0) is 33.3 Å². The molecule has 0 radical (unpaired) electrons. The number of hydrogen-bond donors (Lipinski definition) is 1. The zero-order valence-electron chi connectivity index (χ0n) is 10.8. The van der Waals surface area contributed by atoms with Gasteiger partial charge in [-0.2, -0.15) is 0 Å². The third kappa shape index (κ3) is 4.33. The molecule has 0 amide bonds. The Morgan fingerprint density at radius 3 is 2.38 bits per heavy atom. The van der Waals surface area contributed by atoms with Crippen molar-refractivity contribution in [2.75, 3.05) is 13.2 Å². The van der Waals surface area contributed by atoms with Crippen molar-refractivity contribution in [3.63, 3.8) is 0 Å². The van der Waals surface area contributed by atoms with E-state index < -0.39 is 0 Å². The topological polar surface area (TPSA) is 21.3 Å². The number of benzene rings is 1. The average molecular weight is 221 g/mol. The number of nitrogens with one attached hydrogen (secondary N) is 1. The SMILES string of the molecule is CCOCC(C)NC(C)c1ccc(C)cc1. The fourth-order valence-electron chi connectivity index (χ4n) is 1.72. The molecule has 1 aromatic rings. The van der Waals surface area contributed by atoms with Crippen molar-refractivity contribution in [1.29, 1.82) is 0 Å². The van der Waals surface area contributed by atoms with E-state index in [-0.39, 0.29) is 0 Å². The van der Waals surface area contributed by atoms with Crippen molar-refractivity contribution in [3.05, 3.63) is 35.4 Å². The van der Waals surface area contributed by atoms with Gasteiger partial charge in [0.1, 0.15) is 0 Å². The first kappa shape index (κ1) is 13.2. The lowest BCUT2D eigenvalue weighted by molar-refractivity contribution is 0.124. The molecule has 0 aliphatic heterocycles. The summed E-state index contributed by atoms with van der Waals surface area (Å²) in [4.78, 5) is 0. The molecule has 0 aromatic heterocycles. The molecule has 1 rings (SSSR count). The molecule has 2 unspecified atom stereocenters. The molecule has 2 atom stereocenters. The zero-order valence-corrected chi connectivity index (χ0v) is 10.8. The van der Waals surface area contributed by atoms with Crippen molar-refractivity contribution < 1.29 is 4.74 Å². The molecule has 0 fully saturated rings. The van der Waals surface area contributed by atoms with Crippen LogP contribution >= 0.6 is 0 Å². The summed E-state index contributed by atoms with van der Waals surface area (Å²) in [6, 6.07) is 9.43. The van der Waals surface area contributed by atoms with Crippen LogP contribution in [-0.4, -0.2) is 19.3 Å². The largest absolute Gasteiger partial charge is 0.380 e. The molecule has 2 heteroatoms. The Hall–Kier alpha value is -0.860. The van der Waals surface area contributed by atoms with E-state index in [1.165, 1.54) is 11.1 Å². The molecule has 2 nitrogen and oxygen atoms in total. The van der Waals surface area contributed by atoms with E-state index >= 15 is 0 Å². The van der Waals surface area contributed by atoms with E-state index in [1.807, 2.05) is 6.92 Å². The smallest absolute Gasteiger partial charge is 0.0616 e. The fraction of sp³-hybridized carbons (Fsp3) is 0.571. The summed E-state index contributed by atoms with van der Waals surface area (Å²) in [5.41, 5.74) is 2.63. The first-order valence-corrected chi connectivity index (χ1v) is 6.03. The first-order valence-electron chi connectivity index (χ1n) is 6.03. The molecule has 1 aromatic carbocycles. The third-order valence-electron chi connectivity index (χ3n) is 2.68. The second-order valence-corrected chi connectivity index (χ2v) is 4.36. The lowest BCUT2D eigenvalue weighted by atomic mass is 10.1. The minimum absolute atomic E-state index is 0.371. The number of aryl methyl sites for hydroxylation is 1. The van der Waals surface area contributed by atoms with Crippen molar-refractivity contribution in [3.8, 4) is 0 Å². The minimum atomic E-state index is 0.371.